The molecule has 6 nitrogen and oxygen atoms in total. The molecule has 1 aliphatic rings. The van der Waals surface area contributed by atoms with Gasteiger partial charge in [0.25, 0.3) is 5.56 Å². The Morgan fingerprint density at radius 2 is 1.65 bits per heavy atom. The lowest BCUT2D eigenvalue weighted by Crippen LogP contribution is -2.63. The number of rotatable bonds is 6. The summed E-state index contributed by atoms with van der Waals surface area (Å²) in [7, 11) is 0. The highest BCUT2D eigenvalue weighted by atomic mass is 35.5. The molecule has 4 aromatic rings. The van der Waals surface area contributed by atoms with E-state index in [0.717, 1.165) is 29.0 Å². The van der Waals surface area contributed by atoms with Crippen molar-refractivity contribution in [2.75, 3.05) is 24.6 Å². The number of piperazine rings is 1. The molecule has 34 heavy (non-hydrogen) atoms. The Hall–Kier alpha value is -3.35. The maximum atomic E-state index is 13.8. The maximum Gasteiger partial charge on any atom is 0.350 e. The van der Waals surface area contributed by atoms with Crippen molar-refractivity contribution in [3.8, 4) is 0 Å². The summed E-state index contributed by atoms with van der Waals surface area (Å²) < 4.78 is 3.07. The lowest BCUT2D eigenvalue weighted by molar-refractivity contribution is 0.362. The number of benzene rings is 3. The fourth-order valence-electron chi connectivity index (χ4n) is 4.74. The average Bonchev–Trinajstić information content (AvgIpc) is 2.87. The molecule has 2 heterocycles. The van der Waals surface area contributed by atoms with Crippen molar-refractivity contribution in [2.45, 2.75) is 25.4 Å². The Labute approximate surface area is 203 Å². The fraction of sp³-hybridized carbons (Fsp3) is 0.259. The van der Waals surface area contributed by atoms with Gasteiger partial charge < -0.3 is 5.32 Å². The number of nitrogens with zero attached hydrogens (tertiary/aromatic N) is 3. The van der Waals surface area contributed by atoms with Gasteiger partial charge in [-0.3, -0.25) is 14.4 Å². The van der Waals surface area contributed by atoms with E-state index >= 15 is 0 Å². The number of para-hydroxylation sites is 1. The van der Waals surface area contributed by atoms with Crippen LogP contribution in [-0.4, -0.2) is 34.9 Å². The molecule has 1 aromatic heterocycles. The normalized spacial score (nSPS) is 16.1. The smallest absolute Gasteiger partial charge is 0.313 e. The Morgan fingerprint density at radius 3 is 2.47 bits per heavy atom. The Morgan fingerprint density at radius 1 is 0.912 bits per heavy atom. The molecule has 1 N–H and O–H groups in total. The van der Waals surface area contributed by atoms with Gasteiger partial charge in [0.2, 0.25) is 0 Å². The molecule has 174 valence electrons. The highest BCUT2D eigenvalue weighted by Gasteiger charge is 2.27. The van der Waals surface area contributed by atoms with Gasteiger partial charge in [-0.25, -0.2) is 4.79 Å². The van der Waals surface area contributed by atoms with Crippen LogP contribution in [0.3, 0.4) is 0 Å². The van der Waals surface area contributed by atoms with E-state index in [1.807, 2.05) is 77.8 Å². The van der Waals surface area contributed by atoms with Crippen LogP contribution in [-0.2, 0) is 13.0 Å². The SMILES string of the molecule is O=c1c2ccccc2n(Cc2ccccc2)c(=O)n1N1CCNC[C@@H]1CCc1ccccc1Cl. The Kier molecular flexibility index (Phi) is 6.52. The van der Waals surface area contributed by atoms with E-state index in [2.05, 4.69) is 5.32 Å². The van der Waals surface area contributed by atoms with E-state index in [-0.39, 0.29) is 17.3 Å². The largest absolute Gasteiger partial charge is 0.350 e. The van der Waals surface area contributed by atoms with Crippen molar-refractivity contribution in [1.82, 2.24) is 14.6 Å². The molecular weight excluding hydrogens is 448 g/mol. The summed E-state index contributed by atoms with van der Waals surface area (Å²) in [5.41, 5.74) is 2.16. The van der Waals surface area contributed by atoms with Crippen molar-refractivity contribution in [1.29, 1.82) is 0 Å². The van der Waals surface area contributed by atoms with Crippen LogP contribution in [0.1, 0.15) is 17.5 Å². The van der Waals surface area contributed by atoms with Gasteiger partial charge in [-0.2, -0.15) is 4.68 Å². The van der Waals surface area contributed by atoms with Gasteiger partial charge in [0.05, 0.1) is 23.5 Å². The predicted octanol–water partition coefficient (Wildman–Crippen LogP) is 3.41. The van der Waals surface area contributed by atoms with Gasteiger partial charge in [-0.15, -0.1) is 0 Å². The molecule has 1 aliphatic heterocycles. The van der Waals surface area contributed by atoms with Gasteiger partial charge in [0.1, 0.15) is 0 Å². The highest BCUT2D eigenvalue weighted by Crippen LogP contribution is 2.19. The van der Waals surface area contributed by atoms with Crippen molar-refractivity contribution >= 4 is 22.5 Å². The van der Waals surface area contributed by atoms with Crippen molar-refractivity contribution in [3.63, 3.8) is 0 Å². The van der Waals surface area contributed by atoms with Crippen molar-refractivity contribution in [3.05, 3.63) is 116 Å². The first-order chi connectivity index (χ1) is 16.6. The first kappa shape index (κ1) is 22.4. The third kappa shape index (κ3) is 4.39. The molecule has 7 heteroatoms. The molecule has 1 saturated heterocycles. The van der Waals surface area contributed by atoms with Gasteiger partial charge in [0, 0.05) is 24.7 Å². The third-order valence-electron chi connectivity index (χ3n) is 6.49. The zero-order valence-electron chi connectivity index (χ0n) is 18.9. The Bertz CT molecular complexity index is 1410. The molecule has 0 radical (unpaired) electrons. The lowest BCUT2D eigenvalue weighted by Gasteiger charge is -2.38. The van der Waals surface area contributed by atoms with E-state index in [0.29, 0.717) is 37.1 Å². The number of fused-ring (bicyclic) bond motifs is 1. The van der Waals surface area contributed by atoms with Crippen LogP contribution >= 0.6 is 11.6 Å². The molecule has 0 unspecified atom stereocenters. The van der Waals surface area contributed by atoms with E-state index < -0.39 is 0 Å². The second-order valence-electron chi connectivity index (χ2n) is 8.64. The summed E-state index contributed by atoms with van der Waals surface area (Å²) in [5, 5.41) is 6.65. The summed E-state index contributed by atoms with van der Waals surface area (Å²) in [4.78, 5) is 27.4. The van der Waals surface area contributed by atoms with Gasteiger partial charge in [-0.05, 0) is 42.2 Å². The quantitative estimate of drug-likeness (QED) is 0.465. The summed E-state index contributed by atoms with van der Waals surface area (Å²) >= 11 is 6.37. The number of nitrogens with one attached hydrogen (secondary N) is 1. The monoisotopic (exact) mass is 474 g/mol. The second-order valence-corrected chi connectivity index (χ2v) is 9.05. The van der Waals surface area contributed by atoms with Crippen molar-refractivity contribution < 1.29 is 0 Å². The second kappa shape index (κ2) is 9.87. The predicted molar refractivity (Wildman–Crippen MR) is 138 cm³/mol. The summed E-state index contributed by atoms with van der Waals surface area (Å²) in [6.07, 6.45) is 1.54. The average molecular weight is 475 g/mol. The van der Waals surface area contributed by atoms with E-state index in [1.54, 1.807) is 10.6 Å². The molecule has 0 amide bonds. The first-order valence-electron chi connectivity index (χ1n) is 11.6. The van der Waals surface area contributed by atoms with Crippen molar-refractivity contribution in [2.24, 2.45) is 0 Å². The zero-order valence-corrected chi connectivity index (χ0v) is 19.6. The summed E-state index contributed by atoms with van der Waals surface area (Å²) in [6.45, 7) is 2.38. The van der Waals surface area contributed by atoms with E-state index in [1.165, 1.54) is 4.68 Å². The van der Waals surface area contributed by atoms with Crippen LogP contribution < -0.4 is 21.6 Å². The van der Waals surface area contributed by atoms with Crippen LogP contribution in [0.2, 0.25) is 5.02 Å². The molecule has 0 saturated carbocycles. The number of hydrogen-bond donors (Lipinski definition) is 1. The zero-order chi connectivity index (χ0) is 23.5. The number of aromatic nitrogens is 2. The minimum atomic E-state index is -0.308. The first-order valence-corrected chi connectivity index (χ1v) is 12.0. The van der Waals surface area contributed by atoms with Gasteiger partial charge in [-0.1, -0.05) is 72.3 Å². The van der Waals surface area contributed by atoms with Gasteiger partial charge >= 0.3 is 5.69 Å². The number of halogens is 1. The molecular formula is C27H27ClN4O2. The minimum Gasteiger partial charge on any atom is -0.313 e. The molecule has 0 aliphatic carbocycles. The van der Waals surface area contributed by atoms with E-state index in [9.17, 15) is 9.59 Å². The maximum absolute atomic E-state index is 13.8. The van der Waals surface area contributed by atoms with Crippen LogP contribution in [0.5, 0.6) is 0 Å². The van der Waals surface area contributed by atoms with Gasteiger partial charge in [0.15, 0.2) is 0 Å². The lowest BCUT2D eigenvalue weighted by atomic mass is 10.0. The highest BCUT2D eigenvalue weighted by molar-refractivity contribution is 6.31. The topological polar surface area (TPSA) is 59.3 Å². The molecule has 0 spiro atoms. The molecule has 1 atom stereocenters. The third-order valence-corrected chi connectivity index (χ3v) is 6.86. The van der Waals surface area contributed by atoms with Crippen LogP contribution in [0, 0.1) is 0 Å². The molecule has 5 rings (SSSR count). The van der Waals surface area contributed by atoms with Crippen LogP contribution in [0.4, 0.5) is 0 Å². The van der Waals surface area contributed by atoms with Crippen LogP contribution in [0.25, 0.3) is 10.9 Å². The molecule has 0 bridgehead atoms. The molecule has 3 aromatic carbocycles. The number of aryl methyl sites for hydroxylation is 1. The molecule has 1 fully saturated rings. The fourth-order valence-corrected chi connectivity index (χ4v) is 4.97. The summed E-state index contributed by atoms with van der Waals surface area (Å²) in [6, 6.07) is 25.0. The van der Waals surface area contributed by atoms with E-state index in [4.69, 9.17) is 11.6 Å². The minimum absolute atomic E-state index is 0.0123. The Balaban J connectivity index is 1.57. The summed E-state index contributed by atoms with van der Waals surface area (Å²) in [5.74, 6) is 0. The van der Waals surface area contributed by atoms with Crippen LogP contribution in [0.15, 0.2) is 88.5 Å². The number of hydrogen-bond acceptors (Lipinski definition) is 4. The standard InChI is InChI=1S/C27H27ClN4O2/c28-24-12-6-4-10-21(24)14-15-22-18-29-16-17-31(22)32-26(33)23-11-5-7-13-25(23)30(27(32)34)19-20-8-2-1-3-9-20/h1-13,22,29H,14-19H2/t22-/m0/s1.